The Kier molecular flexibility index (Phi) is 4.43. The third kappa shape index (κ3) is 2.86. The smallest absolute Gasteiger partial charge is 0.121 e. The minimum absolute atomic E-state index is 0.260. The van der Waals surface area contributed by atoms with Gasteiger partial charge in [-0.05, 0) is 38.2 Å². The summed E-state index contributed by atoms with van der Waals surface area (Å²) >= 11 is 5.95. The summed E-state index contributed by atoms with van der Waals surface area (Å²) in [7, 11) is 5.76. The largest absolute Gasteiger partial charge is 0.496 e. The zero-order valence-corrected chi connectivity index (χ0v) is 10.5. The Morgan fingerprint density at radius 1 is 1.40 bits per heavy atom. The lowest BCUT2D eigenvalue weighted by Gasteiger charge is -2.23. The minimum atomic E-state index is 0.260. The SMILES string of the molecule is COc1ccc(C(CCl)N(C)C)cc1C. The van der Waals surface area contributed by atoms with E-state index in [0.717, 1.165) is 11.3 Å². The predicted octanol–water partition coefficient (Wildman–Crippen LogP) is 2.85. The molecule has 1 rings (SSSR count). The first kappa shape index (κ1) is 12.3. The molecule has 0 radical (unpaired) electrons. The molecule has 0 N–H and O–H groups in total. The Labute approximate surface area is 96.8 Å². The highest BCUT2D eigenvalue weighted by Gasteiger charge is 2.13. The summed E-state index contributed by atoms with van der Waals surface area (Å²) < 4.78 is 5.23. The zero-order valence-electron chi connectivity index (χ0n) is 9.75. The summed E-state index contributed by atoms with van der Waals surface area (Å²) in [5.41, 5.74) is 2.38. The number of hydrogen-bond acceptors (Lipinski definition) is 2. The maximum atomic E-state index is 5.95. The second kappa shape index (κ2) is 5.38. The summed E-state index contributed by atoms with van der Waals surface area (Å²) in [4.78, 5) is 2.12. The number of methoxy groups -OCH3 is 1. The summed E-state index contributed by atoms with van der Waals surface area (Å²) in [6.45, 7) is 2.04. The van der Waals surface area contributed by atoms with Crippen molar-refractivity contribution < 1.29 is 4.74 Å². The third-order valence-corrected chi connectivity index (χ3v) is 2.87. The van der Waals surface area contributed by atoms with Crippen LogP contribution in [0.1, 0.15) is 17.2 Å². The lowest BCUT2D eigenvalue weighted by molar-refractivity contribution is 0.324. The maximum absolute atomic E-state index is 5.95. The normalized spacial score (nSPS) is 12.9. The molecule has 3 heteroatoms. The van der Waals surface area contributed by atoms with Crippen molar-refractivity contribution in [2.24, 2.45) is 0 Å². The first-order valence-electron chi connectivity index (χ1n) is 4.97. The summed E-state index contributed by atoms with van der Waals surface area (Å²) in [6, 6.07) is 6.45. The molecule has 15 heavy (non-hydrogen) atoms. The molecule has 0 fully saturated rings. The molecule has 0 amide bonds. The predicted molar refractivity (Wildman–Crippen MR) is 64.9 cm³/mol. The molecule has 0 bridgehead atoms. The van der Waals surface area contributed by atoms with Gasteiger partial charge < -0.3 is 9.64 Å². The summed E-state index contributed by atoms with van der Waals surface area (Å²) in [5.74, 6) is 1.52. The van der Waals surface area contributed by atoms with Gasteiger partial charge in [-0.25, -0.2) is 0 Å². The molecule has 0 aliphatic rings. The van der Waals surface area contributed by atoms with Crippen LogP contribution in [0.5, 0.6) is 5.75 Å². The van der Waals surface area contributed by atoms with Crippen LogP contribution in [-0.4, -0.2) is 32.0 Å². The average Bonchev–Trinajstić information content (AvgIpc) is 2.18. The highest BCUT2D eigenvalue weighted by atomic mass is 35.5. The number of hydrogen-bond donors (Lipinski definition) is 0. The van der Waals surface area contributed by atoms with Crippen molar-refractivity contribution in [3.05, 3.63) is 29.3 Å². The zero-order chi connectivity index (χ0) is 11.4. The van der Waals surface area contributed by atoms with E-state index in [1.165, 1.54) is 5.56 Å². The highest BCUT2D eigenvalue weighted by molar-refractivity contribution is 6.18. The van der Waals surface area contributed by atoms with Crippen molar-refractivity contribution in [3.8, 4) is 5.75 Å². The van der Waals surface area contributed by atoms with Gasteiger partial charge in [0.25, 0.3) is 0 Å². The van der Waals surface area contributed by atoms with Crippen LogP contribution in [0.2, 0.25) is 0 Å². The van der Waals surface area contributed by atoms with E-state index < -0.39 is 0 Å². The second-order valence-corrected chi connectivity index (χ2v) is 4.17. The number of nitrogens with zero attached hydrogens (tertiary/aromatic N) is 1. The number of rotatable bonds is 4. The molecule has 0 spiro atoms. The van der Waals surface area contributed by atoms with Gasteiger partial charge in [0.1, 0.15) is 5.75 Å². The third-order valence-electron chi connectivity index (χ3n) is 2.57. The first-order valence-corrected chi connectivity index (χ1v) is 5.50. The van der Waals surface area contributed by atoms with Crippen molar-refractivity contribution in [2.75, 3.05) is 27.1 Å². The topological polar surface area (TPSA) is 12.5 Å². The molecule has 0 heterocycles. The molecule has 0 saturated heterocycles. The molecule has 1 unspecified atom stereocenters. The molecular formula is C12H18ClNO. The molecule has 2 nitrogen and oxygen atoms in total. The molecule has 1 aromatic rings. The Hall–Kier alpha value is -0.730. The lowest BCUT2D eigenvalue weighted by atomic mass is 10.0. The van der Waals surface area contributed by atoms with Gasteiger partial charge in [-0.3, -0.25) is 0 Å². The second-order valence-electron chi connectivity index (χ2n) is 3.86. The molecule has 1 aromatic carbocycles. The van der Waals surface area contributed by atoms with Gasteiger partial charge in [-0.1, -0.05) is 12.1 Å². The Balaban J connectivity index is 3.00. The quantitative estimate of drug-likeness (QED) is 0.734. The van der Waals surface area contributed by atoms with Crippen LogP contribution in [0.25, 0.3) is 0 Å². The van der Waals surface area contributed by atoms with Crippen molar-refractivity contribution in [1.82, 2.24) is 4.90 Å². The van der Waals surface area contributed by atoms with Crippen LogP contribution in [0.15, 0.2) is 18.2 Å². The molecular weight excluding hydrogens is 210 g/mol. The number of benzene rings is 1. The number of alkyl halides is 1. The standard InChI is InChI=1S/C12H18ClNO/c1-9-7-10(5-6-12(9)15-4)11(8-13)14(2)3/h5-7,11H,8H2,1-4H3. The van der Waals surface area contributed by atoms with Crippen LogP contribution in [0.3, 0.4) is 0 Å². The Morgan fingerprint density at radius 2 is 2.07 bits per heavy atom. The Bertz CT molecular complexity index is 325. The van der Waals surface area contributed by atoms with Crippen molar-refractivity contribution in [2.45, 2.75) is 13.0 Å². The van der Waals surface area contributed by atoms with Gasteiger partial charge in [0.15, 0.2) is 0 Å². The maximum Gasteiger partial charge on any atom is 0.121 e. The molecule has 1 atom stereocenters. The van der Waals surface area contributed by atoms with Gasteiger partial charge in [0.2, 0.25) is 0 Å². The van der Waals surface area contributed by atoms with Gasteiger partial charge >= 0.3 is 0 Å². The fourth-order valence-electron chi connectivity index (χ4n) is 1.63. The monoisotopic (exact) mass is 227 g/mol. The van der Waals surface area contributed by atoms with Crippen LogP contribution >= 0.6 is 11.6 Å². The van der Waals surface area contributed by atoms with Gasteiger partial charge in [0, 0.05) is 11.9 Å². The van der Waals surface area contributed by atoms with Crippen LogP contribution in [0.4, 0.5) is 0 Å². The number of ether oxygens (including phenoxy) is 1. The van der Waals surface area contributed by atoms with Crippen LogP contribution < -0.4 is 4.74 Å². The van der Waals surface area contributed by atoms with Crippen LogP contribution in [-0.2, 0) is 0 Å². The summed E-state index contributed by atoms with van der Waals surface area (Å²) in [5, 5.41) is 0. The van der Waals surface area contributed by atoms with E-state index >= 15 is 0 Å². The van der Waals surface area contributed by atoms with Gasteiger partial charge in [-0.2, -0.15) is 0 Å². The van der Waals surface area contributed by atoms with E-state index in [1.807, 2.05) is 27.1 Å². The molecule has 0 aliphatic heterocycles. The van der Waals surface area contributed by atoms with Crippen LogP contribution in [0, 0.1) is 6.92 Å². The van der Waals surface area contributed by atoms with Gasteiger partial charge in [-0.15, -0.1) is 11.6 Å². The highest BCUT2D eigenvalue weighted by Crippen LogP contribution is 2.25. The van der Waals surface area contributed by atoms with Crippen molar-refractivity contribution >= 4 is 11.6 Å². The van der Waals surface area contributed by atoms with E-state index in [4.69, 9.17) is 16.3 Å². The molecule has 0 saturated carbocycles. The lowest BCUT2D eigenvalue weighted by Crippen LogP contribution is -2.21. The fourth-order valence-corrected chi connectivity index (χ4v) is 2.09. The van der Waals surface area contributed by atoms with Crippen molar-refractivity contribution in [1.29, 1.82) is 0 Å². The van der Waals surface area contributed by atoms with E-state index in [1.54, 1.807) is 7.11 Å². The summed E-state index contributed by atoms with van der Waals surface area (Å²) in [6.07, 6.45) is 0. The fraction of sp³-hybridized carbons (Fsp3) is 0.500. The van der Waals surface area contributed by atoms with E-state index in [0.29, 0.717) is 5.88 Å². The minimum Gasteiger partial charge on any atom is -0.496 e. The van der Waals surface area contributed by atoms with E-state index in [-0.39, 0.29) is 6.04 Å². The molecule has 0 aliphatic carbocycles. The number of aryl methyl sites for hydroxylation is 1. The Morgan fingerprint density at radius 3 is 2.47 bits per heavy atom. The average molecular weight is 228 g/mol. The van der Waals surface area contributed by atoms with Crippen molar-refractivity contribution in [3.63, 3.8) is 0 Å². The molecule has 0 aromatic heterocycles. The van der Waals surface area contributed by atoms with Gasteiger partial charge in [0.05, 0.1) is 7.11 Å². The molecule has 84 valence electrons. The number of halogens is 1. The van der Waals surface area contributed by atoms with E-state index in [9.17, 15) is 0 Å². The first-order chi connectivity index (χ1) is 7.10. The van der Waals surface area contributed by atoms with E-state index in [2.05, 4.69) is 17.0 Å².